The first kappa shape index (κ1) is 17.6. The van der Waals surface area contributed by atoms with Crippen LogP contribution in [0.1, 0.15) is 30.0 Å². The molecule has 0 radical (unpaired) electrons. The van der Waals surface area contributed by atoms with Crippen molar-refractivity contribution in [2.75, 3.05) is 12.4 Å². The highest BCUT2D eigenvalue weighted by molar-refractivity contribution is 6.30. The predicted octanol–water partition coefficient (Wildman–Crippen LogP) is 5.02. The van der Waals surface area contributed by atoms with Crippen LogP contribution in [0.4, 0.5) is 18.9 Å². The maximum atomic E-state index is 13.0. The Kier molecular flexibility index (Phi) is 4.19. The van der Waals surface area contributed by atoms with Gasteiger partial charge in [-0.15, -0.1) is 0 Å². The number of ether oxygens (including phenoxy) is 1. The normalized spacial score (nSPS) is 19.5. The number of hydrogen-bond acceptors (Lipinski definition) is 2. The molecule has 25 heavy (non-hydrogen) atoms. The fraction of sp³-hybridized carbons (Fsp3) is 0.278. The lowest BCUT2D eigenvalue weighted by molar-refractivity contribution is -0.137. The molecule has 1 aliphatic heterocycles. The molecule has 0 spiro atoms. The summed E-state index contributed by atoms with van der Waals surface area (Å²) in [7, 11) is 1.47. The van der Waals surface area contributed by atoms with Crippen molar-refractivity contribution in [3.63, 3.8) is 0 Å². The molecule has 3 nitrogen and oxygen atoms in total. The smallest absolute Gasteiger partial charge is 0.416 e. The lowest BCUT2D eigenvalue weighted by Gasteiger charge is -2.28. The molecule has 0 saturated heterocycles. The number of nitrogens with one attached hydrogen (secondary N) is 1. The van der Waals surface area contributed by atoms with Crippen molar-refractivity contribution in [1.29, 1.82) is 0 Å². The van der Waals surface area contributed by atoms with Crippen LogP contribution in [0, 0.1) is 0 Å². The Labute approximate surface area is 147 Å². The van der Waals surface area contributed by atoms with Gasteiger partial charge in [0.05, 0.1) is 12.7 Å². The van der Waals surface area contributed by atoms with E-state index in [1.54, 1.807) is 25.1 Å². The van der Waals surface area contributed by atoms with Crippen LogP contribution in [0.3, 0.4) is 0 Å². The quantitative estimate of drug-likeness (QED) is 0.825. The Morgan fingerprint density at radius 1 is 1.16 bits per heavy atom. The fourth-order valence-corrected chi connectivity index (χ4v) is 3.54. The van der Waals surface area contributed by atoms with E-state index in [0.29, 0.717) is 28.3 Å². The Balaban J connectivity index is 2.26. The monoisotopic (exact) mass is 369 g/mol. The molecule has 2 aromatic carbocycles. The van der Waals surface area contributed by atoms with E-state index >= 15 is 0 Å². The Morgan fingerprint density at radius 2 is 1.88 bits per heavy atom. The maximum Gasteiger partial charge on any atom is 0.416 e. The number of carbonyl (C=O) groups excluding carboxylic acids is 1. The average molecular weight is 370 g/mol. The van der Waals surface area contributed by atoms with Crippen LogP contribution in [0.25, 0.3) is 0 Å². The second-order valence-corrected chi connectivity index (χ2v) is 6.25. The number of methoxy groups -OCH3 is 1. The summed E-state index contributed by atoms with van der Waals surface area (Å²) in [5, 5.41) is 3.00. The highest BCUT2D eigenvalue weighted by atomic mass is 35.5. The third kappa shape index (κ3) is 2.65. The molecule has 1 heterocycles. The second kappa shape index (κ2) is 5.95. The zero-order chi connectivity index (χ0) is 18.4. The van der Waals surface area contributed by atoms with Crippen molar-refractivity contribution in [2.45, 2.75) is 24.9 Å². The molecular formula is C18H15ClF3NO2. The minimum atomic E-state index is -4.48. The summed E-state index contributed by atoms with van der Waals surface area (Å²) >= 11 is 6.10. The molecule has 0 fully saturated rings. The summed E-state index contributed by atoms with van der Waals surface area (Å²) in [6, 6.07) is 8.19. The number of alkyl halides is 3. The molecule has 0 unspecified atom stereocenters. The minimum Gasteiger partial charge on any atom is -0.496 e. The van der Waals surface area contributed by atoms with E-state index in [2.05, 4.69) is 5.32 Å². The van der Waals surface area contributed by atoms with Crippen molar-refractivity contribution < 1.29 is 22.7 Å². The number of amides is 1. The van der Waals surface area contributed by atoms with Crippen LogP contribution in [0.2, 0.25) is 5.02 Å². The SMILES string of the molecule is CC[C@@]1(c2cc(Cl)ccc2OC)C(=O)Nc2cc(C(F)(F)F)ccc21. The van der Waals surface area contributed by atoms with Crippen molar-refractivity contribution in [2.24, 2.45) is 0 Å². The molecule has 0 saturated carbocycles. The predicted molar refractivity (Wildman–Crippen MR) is 89.1 cm³/mol. The molecule has 1 aliphatic rings. The number of carbonyl (C=O) groups is 1. The Bertz CT molecular complexity index is 851. The van der Waals surface area contributed by atoms with Gasteiger partial charge in [0.2, 0.25) is 5.91 Å². The molecule has 132 valence electrons. The van der Waals surface area contributed by atoms with Gasteiger partial charge in [-0.2, -0.15) is 13.2 Å². The van der Waals surface area contributed by atoms with Gasteiger partial charge in [-0.3, -0.25) is 4.79 Å². The largest absolute Gasteiger partial charge is 0.496 e. The molecule has 1 amide bonds. The molecule has 1 atom stereocenters. The third-order valence-electron chi connectivity index (χ3n) is 4.59. The first-order valence-electron chi connectivity index (χ1n) is 7.61. The second-order valence-electron chi connectivity index (χ2n) is 5.82. The third-order valence-corrected chi connectivity index (χ3v) is 4.83. The number of halogens is 4. The number of anilines is 1. The van der Waals surface area contributed by atoms with E-state index in [1.165, 1.54) is 13.2 Å². The number of rotatable bonds is 3. The first-order chi connectivity index (χ1) is 11.7. The zero-order valence-electron chi connectivity index (χ0n) is 13.5. The maximum absolute atomic E-state index is 13.0. The minimum absolute atomic E-state index is 0.156. The van der Waals surface area contributed by atoms with Crippen LogP contribution < -0.4 is 10.1 Å². The Morgan fingerprint density at radius 3 is 2.48 bits per heavy atom. The topological polar surface area (TPSA) is 38.3 Å². The molecular weight excluding hydrogens is 355 g/mol. The molecule has 2 aromatic rings. The molecule has 0 bridgehead atoms. The van der Waals surface area contributed by atoms with Crippen LogP contribution in [-0.4, -0.2) is 13.0 Å². The lowest BCUT2D eigenvalue weighted by Crippen LogP contribution is -2.35. The summed E-state index contributed by atoms with van der Waals surface area (Å²) in [6.07, 6.45) is -4.14. The zero-order valence-corrected chi connectivity index (χ0v) is 14.3. The van der Waals surface area contributed by atoms with Crippen LogP contribution in [-0.2, 0) is 16.4 Å². The van der Waals surface area contributed by atoms with E-state index < -0.39 is 23.1 Å². The fourth-order valence-electron chi connectivity index (χ4n) is 3.37. The van der Waals surface area contributed by atoms with Gasteiger partial charge < -0.3 is 10.1 Å². The summed E-state index contributed by atoms with van der Waals surface area (Å²) in [4.78, 5) is 12.8. The van der Waals surface area contributed by atoms with Gasteiger partial charge >= 0.3 is 6.18 Å². The number of fused-ring (bicyclic) bond motifs is 1. The van der Waals surface area contributed by atoms with Gasteiger partial charge in [0.25, 0.3) is 0 Å². The van der Waals surface area contributed by atoms with Gasteiger partial charge in [0.1, 0.15) is 11.2 Å². The van der Waals surface area contributed by atoms with Crippen LogP contribution in [0.5, 0.6) is 5.75 Å². The van der Waals surface area contributed by atoms with E-state index in [0.717, 1.165) is 12.1 Å². The van der Waals surface area contributed by atoms with Gasteiger partial charge in [0, 0.05) is 16.3 Å². The average Bonchev–Trinajstić information content (AvgIpc) is 2.85. The van der Waals surface area contributed by atoms with Crippen molar-refractivity contribution >= 4 is 23.2 Å². The van der Waals surface area contributed by atoms with Crippen molar-refractivity contribution in [1.82, 2.24) is 0 Å². The summed E-state index contributed by atoms with van der Waals surface area (Å²) < 4.78 is 44.3. The van der Waals surface area contributed by atoms with Crippen LogP contribution in [0.15, 0.2) is 36.4 Å². The lowest BCUT2D eigenvalue weighted by atomic mass is 9.73. The van der Waals surface area contributed by atoms with Gasteiger partial charge in [-0.25, -0.2) is 0 Å². The molecule has 0 aromatic heterocycles. The summed E-state index contributed by atoms with van der Waals surface area (Å²) in [6.45, 7) is 1.80. The van der Waals surface area contributed by atoms with Crippen molar-refractivity contribution in [3.05, 3.63) is 58.1 Å². The highest BCUT2D eigenvalue weighted by Crippen LogP contribution is 2.49. The van der Waals surface area contributed by atoms with Gasteiger partial charge in [-0.05, 0) is 42.3 Å². The van der Waals surface area contributed by atoms with Crippen molar-refractivity contribution in [3.8, 4) is 5.75 Å². The summed E-state index contributed by atoms with van der Waals surface area (Å²) in [5.74, 6) is 0.0547. The summed E-state index contributed by atoms with van der Waals surface area (Å²) in [5.41, 5.74) is -0.801. The molecule has 3 rings (SSSR count). The molecule has 1 N–H and O–H groups in total. The van der Waals surface area contributed by atoms with E-state index in [-0.39, 0.29) is 5.69 Å². The number of hydrogen-bond donors (Lipinski definition) is 1. The van der Waals surface area contributed by atoms with E-state index in [9.17, 15) is 18.0 Å². The molecule has 0 aliphatic carbocycles. The standard InChI is InChI=1S/C18H15ClF3NO2/c1-3-17(13-9-11(19)5-7-15(13)25-2)12-6-4-10(18(20,21)22)8-14(12)23-16(17)24/h4-9H,3H2,1-2H3,(H,23,24)/t17-/m1/s1. The first-order valence-corrected chi connectivity index (χ1v) is 7.99. The van der Waals surface area contributed by atoms with Crippen LogP contribution >= 0.6 is 11.6 Å². The highest BCUT2D eigenvalue weighted by Gasteiger charge is 2.49. The van der Waals surface area contributed by atoms with Gasteiger partial charge in [0.15, 0.2) is 0 Å². The van der Waals surface area contributed by atoms with Gasteiger partial charge in [-0.1, -0.05) is 24.6 Å². The Hall–Kier alpha value is -2.21. The van der Waals surface area contributed by atoms with E-state index in [1.807, 2.05) is 0 Å². The molecule has 7 heteroatoms. The number of benzene rings is 2. The van der Waals surface area contributed by atoms with E-state index in [4.69, 9.17) is 16.3 Å².